The molecular formula is C8H7N3O4. The molecule has 0 unspecified atom stereocenters. The minimum Gasteiger partial charge on any atom is -0.504 e. The van der Waals surface area contributed by atoms with Crippen molar-refractivity contribution in [3.05, 3.63) is 16.4 Å². The van der Waals surface area contributed by atoms with E-state index in [2.05, 4.69) is 9.97 Å². The van der Waals surface area contributed by atoms with E-state index in [-0.39, 0.29) is 16.9 Å². The van der Waals surface area contributed by atoms with Gasteiger partial charge in [-0.25, -0.2) is 4.98 Å². The monoisotopic (exact) mass is 209 g/mol. The summed E-state index contributed by atoms with van der Waals surface area (Å²) >= 11 is 0. The maximum absolute atomic E-state index is 11.3. The summed E-state index contributed by atoms with van der Waals surface area (Å²) in [6, 6.07) is 0.996. The van der Waals surface area contributed by atoms with Crippen molar-refractivity contribution in [1.82, 2.24) is 9.97 Å². The number of H-pyrrole nitrogens is 1. The van der Waals surface area contributed by atoms with E-state index >= 15 is 0 Å². The molecule has 0 aliphatic heterocycles. The lowest BCUT2D eigenvalue weighted by molar-refractivity contribution is 0.371. The number of phenolic OH excluding ortho intramolecular Hbond substituents is 3. The molecule has 1 heterocycles. The zero-order valence-corrected chi connectivity index (χ0v) is 7.35. The van der Waals surface area contributed by atoms with Crippen LogP contribution in [0.5, 0.6) is 17.2 Å². The molecular weight excluding hydrogens is 202 g/mol. The zero-order valence-electron chi connectivity index (χ0n) is 7.35. The van der Waals surface area contributed by atoms with Gasteiger partial charge in [-0.2, -0.15) is 0 Å². The average Bonchev–Trinajstić information content (AvgIpc) is 2.17. The fourth-order valence-electron chi connectivity index (χ4n) is 1.25. The van der Waals surface area contributed by atoms with Crippen molar-refractivity contribution in [2.45, 2.75) is 0 Å². The Kier molecular flexibility index (Phi) is 1.69. The van der Waals surface area contributed by atoms with Gasteiger partial charge in [-0.3, -0.25) is 9.78 Å². The zero-order chi connectivity index (χ0) is 11.2. The molecule has 0 fully saturated rings. The van der Waals surface area contributed by atoms with Crippen molar-refractivity contribution < 1.29 is 15.3 Å². The molecule has 0 radical (unpaired) electrons. The minimum absolute atomic E-state index is 0.0583. The van der Waals surface area contributed by atoms with Gasteiger partial charge in [0.15, 0.2) is 11.5 Å². The third-order valence-electron chi connectivity index (χ3n) is 1.95. The summed E-state index contributed by atoms with van der Waals surface area (Å²) in [5.41, 5.74) is 4.49. The molecule has 0 aliphatic rings. The van der Waals surface area contributed by atoms with E-state index < -0.39 is 22.8 Å². The molecule has 1 aromatic heterocycles. The van der Waals surface area contributed by atoms with Crippen LogP contribution in [0.4, 0.5) is 5.95 Å². The Morgan fingerprint density at radius 3 is 2.60 bits per heavy atom. The molecule has 0 atom stereocenters. The normalized spacial score (nSPS) is 10.7. The standard InChI is InChI=1S/C8H7N3O4/c9-8-10-4-2(7(15)11-8)1-3(12)5(13)6(4)14/h1,12-14H,(H3,9,10,11,15). The molecule has 7 nitrogen and oxygen atoms in total. The number of aromatic hydroxyl groups is 3. The largest absolute Gasteiger partial charge is 0.504 e. The van der Waals surface area contributed by atoms with Gasteiger partial charge >= 0.3 is 0 Å². The van der Waals surface area contributed by atoms with Gasteiger partial charge in [0.25, 0.3) is 5.56 Å². The minimum atomic E-state index is -0.736. The van der Waals surface area contributed by atoms with Crippen LogP contribution in [-0.4, -0.2) is 25.3 Å². The van der Waals surface area contributed by atoms with Gasteiger partial charge in [0.2, 0.25) is 11.7 Å². The molecule has 0 saturated carbocycles. The average molecular weight is 209 g/mol. The molecule has 2 rings (SSSR count). The van der Waals surface area contributed by atoms with E-state index in [0.29, 0.717) is 0 Å². The van der Waals surface area contributed by atoms with Gasteiger partial charge < -0.3 is 21.1 Å². The van der Waals surface area contributed by atoms with Crippen LogP contribution in [-0.2, 0) is 0 Å². The summed E-state index contributed by atoms with van der Waals surface area (Å²) in [6.45, 7) is 0. The van der Waals surface area contributed by atoms with Crippen molar-refractivity contribution in [2.24, 2.45) is 0 Å². The molecule has 6 N–H and O–H groups in total. The molecule has 7 heteroatoms. The number of hydrogen-bond donors (Lipinski definition) is 5. The summed E-state index contributed by atoms with van der Waals surface area (Å²) in [6.07, 6.45) is 0. The summed E-state index contributed by atoms with van der Waals surface area (Å²) < 4.78 is 0. The van der Waals surface area contributed by atoms with Crippen LogP contribution in [0, 0.1) is 0 Å². The molecule has 0 amide bonds. The van der Waals surface area contributed by atoms with Gasteiger partial charge in [0, 0.05) is 0 Å². The third-order valence-corrected chi connectivity index (χ3v) is 1.95. The number of fused-ring (bicyclic) bond motifs is 1. The number of hydrogen-bond acceptors (Lipinski definition) is 6. The van der Waals surface area contributed by atoms with E-state index in [1.165, 1.54) is 0 Å². The lowest BCUT2D eigenvalue weighted by Crippen LogP contribution is -2.11. The molecule has 2 aromatic rings. The number of benzene rings is 1. The van der Waals surface area contributed by atoms with Crippen LogP contribution < -0.4 is 11.3 Å². The topological polar surface area (TPSA) is 132 Å². The molecule has 15 heavy (non-hydrogen) atoms. The first-order chi connectivity index (χ1) is 7.00. The van der Waals surface area contributed by atoms with Crippen molar-refractivity contribution in [3.8, 4) is 17.2 Å². The van der Waals surface area contributed by atoms with E-state index in [1.54, 1.807) is 0 Å². The SMILES string of the molecule is Nc1nc2c(O)c(O)c(O)cc2c(=O)[nH]1. The summed E-state index contributed by atoms with van der Waals surface area (Å²) in [5.74, 6) is -2.20. The smallest absolute Gasteiger partial charge is 0.260 e. The molecule has 78 valence electrons. The van der Waals surface area contributed by atoms with Gasteiger partial charge in [-0.15, -0.1) is 0 Å². The Morgan fingerprint density at radius 2 is 1.93 bits per heavy atom. The second-order valence-electron chi connectivity index (χ2n) is 2.94. The first kappa shape index (κ1) is 9.13. The summed E-state index contributed by atoms with van der Waals surface area (Å²) in [4.78, 5) is 17.2. The van der Waals surface area contributed by atoms with Gasteiger partial charge in [0.1, 0.15) is 5.52 Å². The fraction of sp³-hybridized carbons (Fsp3) is 0. The molecule has 0 spiro atoms. The van der Waals surface area contributed by atoms with Crippen LogP contribution >= 0.6 is 0 Å². The Labute approximate surface area is 82.4 Å². The van der Waals surface area contributed by atoms with E-state index in [9.17, 15) is 20.1 Å². The number of aromatic amines is 1. The quantitative estimate of drug-likeness (QED) is 0.376. The van der Waals surface area contributed by atoms with E-state index in [4.69, 9.17) is 5.73 Å². The van der Waals surface area contributed by atoms with Gasteiger partial charge in [0.05, 0.1) is 5.39 Å². The summed E-state index contributed by atoms with van der Waals surface area (Å²) in [7, 11) is 0. The van der Waals surface area contributed by atoms with Crippen molar-refractivity contribution in [1.29, 1.82) is 0 Å². The number of anilines is 1. The van der Waals surface area contributed by atoms with E-state index in [0.717, 1.165) is 6.07 Å². The third kappa shape index (κ3) is 1.21. The van der Waals surface area contributed by atoms with Gasteiger partial charge in [-0.1, -0.05) is 0 Å². The highest BCUT2D eigenvalue weighted by atomic mass is 16.3. The number of nitrogens with zero attached hydrogens (tertiary/aromatic N) is 1. The highest BCUT2D eigenvalue weighted by molar-refractivity contribution is 5.88. The molecule has 0 saturated heterocycles. The van der Waals surface area contributed by atoms with Crippen molar-refractivity contribution in [3.63, 3.8) is 0 Å². The summed E-state index contributed by atoms with van der Waals surface area (Å²) in [5, 5.41) is 27.7. The number of nitrogen functional groups attached to an aromatic ring is 1. The number of nitrogens with one attached hydrogen (secondary N) is 1. The molecule has 1 aromatic carbocycles. The lowest BCUT2D eigenvalue weighted by Gasteiger charge is -2.04. The Balaban J connectivity index is 3.05. The van der Waals surface area contributed by atoms with Crippen LogP contribution in [0.25, 0.3) is 10.9 Å². The maximum atomic E-state index is 11.3. The van der Waals surface area contributed by atoms with Crippen LogP contribution in [0.2, 0.25) is 0 Å². The maximum Gasteiger partial charge on any atom is 0.260 e. The highest BCUT2D eigenvalue weighted by Gasteiger charge is 2.14. The van der Waals surface area contributed by atoms with Crippen LogP contribution in [0.15, 0.2) is 10.9 Å². The Bertz CT molecular complexity index is 605. The lowest BCUT2D eigenvalue weighted by atomic mass is 10.2. The Hall–Kier alpha value is -2.44. The van der Waals surface area contributed by atoms with Crippen LogP contribution in [0.1, 0.15) is 0 Å². The van der Waals surface area contributed by atoms with Gasteiger partial charge in [-0.05, 0) is 6.07 Å². The van der Waals surface area contributed by atoms with Crippen molar-refractivity contribution in [2.75, 3.05) is 5.73 Å². The highest BCUT2D eigenvalue weighted by Crippen LogP contribution is 2.38. The second kappa shape index (κ2) is 2.77. The molecule has 0 bridgehead atoms. The Morgan fingerprint density at radius 1 is 1.27 bits per heavy atom. The number of nitrogens with two attached hydrogens (primary N) is 1. The predicted octanol–water partition coefficient (Wildman–Crippen LogP) is -0.378. The first-order valence-corrected chi connectivity index (χ1v) is 3.94. The van der Waals surface area contributed by atoms with E-state index in [1.807, 2.05) is 0 Å². The first-order valence-electron chi connectivity index (χ1n) is 3.94. The van der Waals surface area contributed by atoms with Crippen molar-refractivity contribution >= 4 is 16.9 Å². The van der Waals surface area contributed by atoms with Crippen LogP contribution in [0.3, 0.4) is 0 Å². The fourth-order valence-corrected chi connectivity index (χ4v) is 1.25. The molecule has 0 aliphatic carbocycles. The number of rotatable bonds is 0. The predicted molar refractivity (Wildman–Crippen MR) is 51.8 cm³/mol. The second-order valence-corrected chi connectivity index (χ2v) is 2.94. The number of phenols is 3. The number of aromatic nitrogens is 2.